The molecule has 0 aromatic heterocycles. The summed E-state index contributed by atoms with van der Waals surface area (Å²) in [7, 11) is -1.89. The molecule has 6 heteroatoms. The van der Waals surface area contributed by atoms with Gasteiger partial charge in [0.15, 0.2) is 0 Å². The van der Waals surface area contributed by atoms with Crippen LogP contribution in [0.25, 0.3) is 0 Å². The SMILES string of the molecule is CN(C1CCCCCC1)S(=O)(=O)c1ccc(Cl)c(CO)c1. The smallest absolute Gasteiger partial charge is 0.243 e. The normalized spacial score (nSPS) is 17.9. The molecule has 0 saturated heterocycles. The molecule has 1 saturated carbocycles. The molecular formula is C15H22ClNO3S. The Labute approximate surface area is 131 Å². The fraction of sp³-hybridized carbons (Fsp3) is 0.600. The molecule has 21 heavy (non-hydrogen) atoms. The van der Waals surface area contributed by atoms with Gasteiger partial charge in [0.2, 0.25) is 10.0 Å². The zero-order chi connectivity index (χ0) is 15.5. The number of sulfonamides is 1. The predicted octanol–water partition coefficient (Wildman–Crippen LogP) is 3.18. The van der Waals surface area contributed by atoms with E-state index in [-0.39, 0.29) is 17.5 Å². The number of halogens is 1. The van der Waals surface area contributed by atoms with E-state index in [0.29, 0.717) is 10.6 Å². The first-order chi connectivity index (χ1) is 9.96. The first-order valence-corrected chi connectivity index (χ1v) is 9.16. The molecule has 118 valence electrons. The van der Waals surface area contributed by atoms with E-state index in [1.165, 1.54) is 35.3 Å². The van der Waals surface area contributed by atoms with Crippen LogP contribution in [0.15, 0.2) is 23.1 Å². The third-order valence-electron chi connectivity index (χ3n) is 4.20. The van der Waals surface area contributed by atoms with Gasteiger partial charge in [-0.15, -0.1) is 0 Å². The number of hydrogen-bond donors (Lipinski definition) is 1. The van der Waals surface area contributed by atoms with Gasteiger partial charge in [0.05, 0.1) is 11.5 Å². The van der Waals surface area contributed by atoms with Crippen molar-refractivity contribution in [2.45, 2.75) is 56.1 Å². The average Bonchev–Trinajstić information content (AvgIpc) is 2.75. The van der Waals surface area contributed by atoms with Crippen LogP contribution < -0.4 is 0 Å². The zero-order valence-electron chi connectivity index (χ0n) is 12.3. The molecule has 1 fully saturated rings. The Morgan fingerprint density at radius 3 is 2.43 bits per heavy atom. The van der Waals surface area contributed by atoms with E-state index in [0.717, 1.165) is 25.7 Å². The summed E-state index contributed by atoms with van der Waals surface area (Å²) in [6, 6.07) is 4.56. The standard InChI is InChI=1S/C15H22ClNO3S/c1-17(13-6-4-2-3-5-7-13)21(19,20)14-8-9-15(16)12(10-14)11-18/h8-10,13,18H,2-7,11H2,1H3. The Bertz CT molecular complexity index is 581. The van der Waals surface area contributed by atoms with Crippen molar-refractivity contribution < 1.29 is 13.5 Å². The van der Waals surface area contributed by atoms with E-state index in [1.807, 2.05) is 0 Å². The van der Waals surface area contributed by atoms with Crippen LogP contribution in [-0.2, 0) is 16.6 Å². The molecule has 1 N–H and O–H groups in total. The maximum Gasteiger partial charge on any atom is 0.243 e. The predicted molar refractivity (Wildman–Crippen MR) is 83.8 cm³/mol. The van der Waals surface area contributed by atoms with Gasteiger partial charge >= 0.3 is 0 Å². The molecule has 0 radical (unpaired) electrons. The average molecular weight is 332 g/mol. The maximum atomic E-state index is 12.7. The van der Waals surface area contributed by atoms with Crippen LogP contribution in [0, 0.1) is 0 Å². The van der Waals surface area contributed by atoms with Gasteiger partial charge < -0.3 is 5.11 Å². The first-order valence-electron chi connectivity index (χ1n) is 7.34. The molecule has 4 nitrogen and oxygen atoms in total. The minimum Gasteiger partial charge on any atom is -0.392 e. The minimum atomic E-state index is -3.54. The molecule has 0 aliphatic heterocycles. The number of rotatable bonds is 4. The number of benzene rings is 1. The lowest BCUT2D eigenvalue weighted by molar-refractivity contribution is 0.281. The van der Waals surface area contributed by atoms with E-state index in [9.17, 15) is 13.5 Å². The summed E-state index contributed by atoms with van der Waals surface area (Å²) < 4.78 is 26.9. The molecule has 1 aromatic rings. The van der Waals surface area contributed by atoms with E-state index < -0.39 is 10.0 Å². The van der Waals surface area contributed by atoms with E-state index in [2.05, 4.69) is 0 Å². The van der Waals surface area contributed by atoms with Crippen LogP contribution in [0.5, 0.6) is 0 Å². The van der Waals surface area contributed by atoms with Gasteiger partial charge in [0.25, 0.3) is 0 Å². The van der Waals surface area contributed by atoms with Crippen LogP contribution in [0.1, 0.15) is 44.1 Å². The lowest BCUT2D eigenvalue weighted by Gasteiger charge is -2.26. The number of aliphatic hydroxyl groups is 1. The summed E-state index contributed by atoms with van der Waals surface area (Å²) in [6.45, 7) is -0.269. The maximum absolute atomic E-state index is 12.7. The molecule has 0 heterocycles. The highest BCUT2D eigenvalue weighted by atomic mass is 35.5. The van der Waals surface area contributed by atoms with Crippen molar-refractivity contribution in [2.24, 2.45) is 0 Å². The zero-order valence-corrected chi connectivity index (χ0v) is 13.8. The van der Waals surface area contributed by atoms with E-state index >= 15 is 0 Å². The largest absolute Gasteiger partial charge is 0.392 e. The van der Waals surface area contributed by atoms with Gasteiger partial charge in [-0.25, -0.2) is 8.42 Å². The molecule has 0 bridgehead atoms. The summed E-state index contributed by atoms with van der Waals surface area (Å²) in [5.74, 6) is 0. The summed E-state index contributed by atoms with van der Waals surface area (Å²) in [4.78, 5) is 0.197. The van der Waals surface area contributed by atoms with Crippen molar-refractivity contribution in [3.63, 3.8) is 0 Å². The second-order valence-corrected chi connectivity index (χ2v) is 7.98. The van der Waals surface area contributed by atoms with Crippen molar-refractivity contribution in [1.29, 1.82) is 0 Å². The molecule has 1 aliphatic rings. The molecule has 1 aliphatic carbocycles. The molecule has 0 amide bonds. The van der Waals surface area contributed by atoms with Gasteiger partial charge in [0.1, 0.15) is 0 Å². The topological polar surface area (TPSA) is 57.6 Å². The highest BCUT2D eigenvalue weighted by Gasteiger charge is 2.28. The molecule has 1 aromatic carbocycles. The number of hydrogen-bond acceptors (Lipinski definition) is 3. The Morgan fingerprint density at radius 2 is 1.86 bits per heavy atom. The van der Waals surface area contributed by atoms with Gasteiger partial charge in [-0.3, -0.25) is 0 Å². The van der Waals surface area contributed by atoms with Gasteiger partial charge in [-0.1, -0.05) is 37.3 Å². The lowest BCUT2D eigenvalue weighted by Crippen LogP contribution is -2.36. The molecule has 0 unspecified atom stereocenters. The van der Waals surface area contributed by atoms with Crippen molar-refractivity contribution in [2.75, 3.05) is 7.05 Å². The number of aliphatic hydroxyl groups excluding tert-OH is 1. The van der Waals surface area contributed by atoms with Gasteiger partial charge in [0, 0.05) is 18.1 Å². The summed E-state index contributed by atoms with van der Waals surface area (Å²) in [5.41, 5.74) is 0.437. The quantitative estimate of drug-likeness (QED) is 0.862. The van der Waals surface area contributed by atoms with E-state index in [1.54, 1.807) is 7.05 Å². The fourth-order valence-electron chi connectivity index (χ4n) is 2.82. The third-order valence-corrected chi connectivity index (χ3v) is 6.48. The second-order valence-electron chi connectivity index (χ2n) is 5.58. The van der Waals surface area contributed by atoms with Crippen LogP contribution >= 0.6 is 11.6 Å². The molecule has 2 rings (SSSR count). The third kappa shape index (κ3) is 3.77. The van der Waals surface area contributed by atoms with Crippen molar-refractivity contribution in [1.82, 2.24) is 4.31 Å². The second kappa shape index (κ2) is 7.09. The first kappa shape index (κ1) is 16.7. The van der Waals surface area contributed by atoms with Gasteiger partial charge in [-0.2, -0.15) is 4.31 Å². The van der Waals surface area contributed by atoms with Crippen molar-refractivity contribution in [3.05, 3.63) is 28.8 Å². The van der Waals surface area contributed by atoms with Crippen LogP contribution in [0.3, 0.4) is 0 Å². The number of nitrogens with zero attached hydrogens (tertiary/aromatic N) is 1. The highest BCUT2D eigenvalue weighted by molar-refractivity contribution is 7.89. The Morgan fingerprint density at radius 1 is 1.24 bits per heavy atom. The minimum absolute atomic E-state index is 0.0609. The summed E-state index contributed by atoms with van der Waals surface area (Å²) in [6.07, 6.45) is 6.34. The molecular weight excluding hydrogens is 310 g/mol. The molecule has 0 atom stereocenters. The van der Waals surface area contributed by atoms with Crippen LogP contribution in [-0.4, -0.2) is 30.9 Å². The fourth-order valence-corrected chi connectivity index (χ4v) is 4.46. The Balaban J connectivity index is 2.27. The monoisotopic (exact) mass is 331 g/mol. The molecule has 0 spiro atoms. The van der Waals surface area contributed by atoms with Crippen molar-refractivity contribution in [3.8, 4) is 0 Å². The summed E-state index contributed by atoms with van der Waals surface area (Å²) >= 11 is 5.93. The van der Waals surface area contributed by atoms with Gasteiger partial charge in [-0.05, 0) is 36.6 Å². The van der Waals surface area contributed by atoms with Crippen molar-refractivity contribution >= 4 is 21.6 Å². The van der Waals surface area contributed by atoms with Crippen LogP contribution in [0.4, 0.5) is 0 Å². The highest BCUT2D eigenvalue weighted by Crippen LogP contribution is 2.27. The lowest BCUT2D eigenvalue weighted by atomic mass is 10.1. The summed E-state index contributed by atoms with van der Waals surface area (Å²) in [5, 5.41) is 9.62. The Kier molecular flexibility index (Phi) is 5.66. The van der Waals surface area contributed by atoms with E-state index in [4.69, 9.17) is 11.6 Å². The Hall–Kier alpha value is -0.620. The van der Waals surface area contributed by atoms with Crippen LogP contribution in [0.2, 0.25) is 5.02 Å².